The van der Waals surface area contributed by atoms with Gasteiger partial charge in [0.05, 0.1) is 82.3 Å². The summed E-state index contributed by atoms with van der Waals surface area (Å²) in [7, 11) is 4.74. The second-order valence-corrected chi connectivity index (χ2v) is 29.5. The van der Waals surface area contributed by atoms with Crippen molar-refractivity contribution < 1.29 is 86.0 Å². The Balaban J connectivity index is 0.964. The third-order valence-electron chi connectivity index (χ3n) is 19.2. The van der Waals surface area contributed by atoms with Gasteiger partial charge in [-0.1, -0.05) is 104 Å². The SMILES string of the molecule is CC[C@H](C)[C@@H]([C@@H](CC(=O)N1CCC[C@H]1[C@H](OC)[C@@H](C)C(=O)N[C@@H](Cc1ccccc1)c1nccs1)OC)N(C)C(=O)[C@@H](NC(=O)C(C)(C)NC(=O)CCOCCOCCOCCNC(=O)OCc1ccc(NC(=O)[C@H](CCCNC(N)=O)NC(=O)[C@@H](NC(=O)CCCCCN2C(=O)C=CC2=O)C(C)C)cc1)C(C)C. The van der Waals surface area contributed by atoms with Crippen LogP contribution in [0.2, 0.25) is 0 Å². The first kappa shape index (κ1) is 90.7. The predicted molar refractivity (Wildman–Crippen MR) is 408 cm³/mol. The molecule has 109 heavy (non-hydrogen) atoms. The van der Waals surface area contributed by atoms with E-state index in [0.717, 1.165) is 15.5 Å². The number of likely N-dealkylation sites (N-methyl/N-ethyl adjacent to an activating group) is 1. The van der Waals surface area contributed by atoms with Gasteiger partial charge in [0.25, 0.3) is 11.8 Å². The minimum atomic E-state index is -1.43. The zero-order valence-electron chi connectivity index (χ0n) is 65.3. The summed E-state index contributed by atoms with van der Waals surface area (Å²) in [4.78, 5) is 167. The molecular formula is C77H117N13O18S. The quantitative estimate of drug-likeness (QED) is 0.0253. The number of likely N-dealkylation sites (tertiary alicyclic amines) is 1. The average Bonchev–Trinajstić information content (AvgIpc) is 1.79. The van der Waals surface area contributed by atoms with Gasteiger partial charge in [0, 0.05) is 89.7 Å². The van der Waals surface area contributed by atoms with Crippen LogP contribution in [0.15, 0.2) is 78.3 Å². The Bertz CT molecular complexity index is 3420. The molecule has 2 aromatic carbocycles. The molecule has 3 aromatic rings. The minimum Gasteiger partial charge on any atom is -0.445 e. The Morgan fingerprint density at radius 3 is 1.98 bits per heavy atom. The number of nitrogens with two attached hydrogens (primary N) is 1. The van der Waals surface area contributed by atoms with Crippen molar-refractivity contribution in [2.45, 2.75) is 200 Å². The second-order valence-electron chi connectivity index (χ2n) is 28.6. The largest absolute Gasteiger partial charge is 0.445 e. The number of alkyl carbamates (subject to hydrolysis) is 1. The highest BCUT2D eigenvalue weighted by Gasteiger charge is 2.44. The summed E-state index contributed by atoms with van der Waals surface area (Å²) >= 11 is 1.47. The van der Waals surface area contributed by atoms with Gasteiger partial charge >= 0.3 is 12.1 Å². The van der Waals surface area contributed by atoms with Crippen LogP contribution in [0, 0.1) is 23.7 Å². The Hall–Kier alpha value is -8.95. The number of nitrogens with zero attached hydrogens (tertiary/aromatic N) is 4. The Labute approximate surface area is 644 Å². The number of hydrogen-bond acceptors (Lipinski definition) is 20. The zero-order valence-corrected chi connectivity index (χ0v) is 66.1. The third-order valence-corrected chi connectivity index (χ3v) is 20.1. The summed E-state index contributed by atoms with van der Waals surface area (Å²) in [6.45, 7) is 17.9. The molecule has 0 aliphatic carbocycles. The van der Waals surface area contributed by atoms with Gasteiger partial charge in [-0.2, -0.15) is 0 Å². The maximum absolute atomic E-state index is 14.7. The van der Waals surface area contributed by atoms with Crippen LogP contribution < -0.4 is 48.3 Å². The number of primary amides is 1. The molecule has 1 aromatic heterocycles. The normalized spacial score (nSPS) is 16.1. The first-order valence-corrected chi connectivity index (χ1v) is 38.6. The number of anilines is 1. The van der Waals surface area contributed by atoms with Crippen molar-refractivity contribution in [2.75, 3.05) is 92.4 Å². The van der Waals surface area contributed by atoms with Gasteiger partial charge in [0.2, 0.25) is 47.3 Å². The zero-order chi connectivity index (χ0) is 80.2. The van der Waals surface area contributed by atoms with Gasteiger partial charge in [-0.05, 0) is 99.8 Å². The van der Waals surface area contributed by atoms with Crippen LogP contribution in [0.4, 0.5) is 15.3 Å². The van der Waals surface area contributed by atoms with Gasteiger partial charge in [-0.15, -0.1) is 11.3 Å². The van der Waals surface area contributed by atoms with Crippen molar-refractivity contribution in [3.05, 3.63) is 94.5 Å². The number of rotatable bonds is 50. The summed E-state index contributed by atoms with van der Waals surface area (Å²) in [6.07, 6.45) is 6.55. The van der Waals surface area contributed by atoms with E-state index in [9.17, 15) is 57.5 Å². The molecule has 1 saturated heterocycles. The smallest absolute Gasteiger partial charge is 0.407 e. The lowest BCUT2D eigenvalue weighted by atomic mass is 9.89. The van der Waals surface area contributed by atoms with Crippen LogP contribution in [0.5, 0.6) is 0 Å². The van der Waals surface area contributed by atoms with Gasteiger partial charge < -0.3 is 86.5 Å². The van der Waals surface area contributed by atoms with Crippen molar-refractivity contribution in [3.8, 4) is 0 Å². The van der Waals surface area contributed by atoms with Crippen LogP contribution in [0.25, 0.3) is 0 Å². The lowest BCUT2D eigenvalue weighted by Gasteiger charge is -2.41. The van der Waals surface area contributed by atoms with Crippen LogP contribution in [0.3, 0.4) is 0 Å². The van der Waals surface area contributed by atoms with Crippen molar-refractivity contribution >= 4 is 88.2 Å². The molecule has 10 atom stereocenters. The van der Waals surface area contributed by atoms with Crippen molar-refractivity contribution in [1.82, 2.24) is 56.9 Å². The molecule has 1 fully saturated rings. The number of amides is 13. The highest BCUT2D eigenvalue weighted by atomic mass is 32.1. The number of aromatic nitrogens is 1. The molecule has 0 bridgehead atoms. The standard InChI is InChI=1S/C77H117N13O18S/c1-13-51(6)67(59(103-11)47-64(95)89-38-21-25-58(89)68(104-12)52(7)69(96)84-57(72-79-36-45-109-72)46-53-22-16-14-17-23-53)88(10)73(99)66(50(4)5)86-74(100)77(8,9)87-61(92)33-39-105-41-43-107-44-42-106-40-35-81-76(102)108-48-54-27-29-55(30-28-54)82-70(97)56(24-20-34-80-75(78)101)83-71(98)65(49(2)3)85-60(91)26-18-15-19-37-90-62(93)31-32-63(90)94/h14,16-17,22-23,27-32,36,45,49-52,56-59,65-68H,13,15,18-21,24-26,33-35,37-44,46-48H2,1-12H3,(H,81,102)(H,82,97)(H,83,98)(H,84,96)(H,85,91)(H,86,100)(H,87,92)(H3,78,80,101)/t51-,52+,56-,57-,58-,59+,65-,66-,67-,68+/m0/s1. The van der Waals surface area contributed by atoms with E-state index in [4.69, 9.17) is 34.2 Å². The Kier molecular flexibility index (Phi) is 39.3. The van der Waals surface area contributed by atoms with Crippen LogP contribution in [-0.4, -0.2) is 226 Å². The molecule has 0 spiro atoms. The topological polar surface area (TPSA) is 405 Å². The van der Waals surface area contributed by atoms with Crippen LogP contribution in [0.1, 0.15) is 155 Å². The number of nitrogens with one attached hydrogen (secondary N) is 8. The van der Waals surface area contributed by atoms with Crippen molar-refractivity contribution in [1.29, 1.82) is 0 Å². The summed E-state index contributed by atoms with van der Waals surface area (Å²) in [5.41, 5.74) is 5.82. The van der Waals surface area contributed by atoms with E-state index in [0.29, 0.717) is 62.7 Å². The number of ether oxygens (including phenoxy) is 6. The fourth-order valence-electron chi connectivity index (χ4n) is 12.8. The number of unbranched alkanes of at least 4 members (excludes halogenated alkanes) is 2. The molecule has 0 saturated carbocycles. The molecular weight excluding hydrogens is 1430 g/mol. The molecule has 2 aliphatic heterocycles. The lowest BCUT2D eigenvalue weighted by Crippen LogP contribution is -2.62. The summed E-state index contributed by atoms with van der Waals surface area (Å²) in [5, 5.41) is 24.9. The first-order chi connectivity index (χ1) is 52.0. The second kappa shape index (κ2) is 47.2. The fourth-order valence-corrected chi connectivity index (χ4v) is 13.5. The van der Waals surface area contributed by atoms with Gasteiger partial charge in [0.15, 0.2) is 0 Å². The molecule has 13 amide bonds. The molecule has 2 aliphatic rings. The number of benzene rings is 2. The number of thiazole rings is 1. The van der Waals surface area contributed by atoms with Gasteiger partial charge in [0.1, 0.15) is 35.3 Å². The molecule has 5 rings (SSSR count). The van der Waals surface area contributed by atoms with Gasteiger partial charge in [-0.25, -0.2) is 14.6 Å². The number of carbonyl (C=O) groups excluding carboxylic acids is 12. The molecule has 31 nitrogen and oxygen atoms in total. The number of methoxy groups -OCH3 is 2. The first-order valence-electron chi connectivity index (χ1n) is 37.7. The fraction of sp³-hybridized carbons (Fsp3) is 0.623. The minimum absolute atomic E-state index is 0.0363. The van der Waals surface area contributed by atoms with Crippen LogP contribution in [-0.2, 0) is 89.4 Å². The third kappa shape index (κ3) is 30.4. The molecule has 0 radical (unpaired) electrons. The molecule has 604 valence electrons. The van der Waals surface area contributed by atoms with E-state index in [1.807, 2.05) is 70.3 Å². The van der Waals surface area contributed by atoms with E-state index >= 15 is 0 Å². The molecule has 10 N–H and O–H groups in total. The number of imide groups is 1. The molecule has 0 unspecified atom stereocenters. The lowest BCUT2D eigenvalue weighted by molar-refractivity contribution is -0.148. The maximum Gasteiger partial charge on any atom is 0.407 e. The highest BCUT2D eigenvalue weighted by molar-refractivity contribution is 7.09. The Morgan fingerprint density at radius 1 is 0.706 bits per heavy atom. The van der Waals surface area contributed by atoms with Gasteiger partial charge in [-0.3, -0.25) is 52.8 Å². The van der Waals surface area contributed by atoms with Crippen molar-refractivity contribution in [2.24, 2.45) is 29.4 Å². The summed E-state index contributed by atoms with van der Waals surface area (Å²) in [5.74, 6) is -5.58. The monoisotopic (exact) mass is 1540 g/mol. The van der Waals surface area contributed by atoms with E-state index in [2.05, 4.69) is 47.5 Å². The van der Waals surface area contributed by atoms with Crippen molar-refractivity contribution in [3.63, 3.8) is 0 Å². The van der Waals surface area contributed by atoms with Crippen LogP contribution >= 0.6 is 11.3 Å². The number of carbonyl (C=O) groups is 12. The summed E-state index contributed by atoms with van der Waals surface area (Å²) < 4.78 is 34.2. The number of hydrogen-bond donors (Lipinski definition) is 9. The average molecular weight is 1540 g/mol. The van der Waals surface area contributed by atoms with E-state index in [-0.39, 0.29) is 157 Å². The van der Waals surface area contributed by atoms with E-state index in [1.54, 1.807) is 82.1 Å². The maximum atomic E-state index is 14.7. The number of urea groups is 1. The van der Waals surface area contributed by atoms with E-state index < -0.39 is 89.6 Å². The summed E-state index contributed by atoms with van der Waals surface area (Å²) in [6, 6.07) is 11.2. The van der Waals surface area contributed by atoms with E-state index in [1.165, 1.54) is 30.6 Å². The Morgan fingerprint density at radius 2 is 1.37 bits per heavy atom. The molecule has 32 heteroatoms. The molecule has 3 heterocycles. The predicted octanol–water partition coefficient (Wildman–Crippen LogP) is 5.36. The highest BCUT2D eigenvalue weighted by Crippen LogP contribution is 2.31.